The van der Waals surface area contributed by atoms with Gasteiger partial charge in [-0.2, -0.15) is 4.68 Å². The molecule has 3 rings (SSSR count). The fraction of sp³-hybridized carbons (Fsp3) is 0.0769. The number of carbonyl (C=O) groups excluding carboxylic acids is 1. The first-order valence-corrected chi connectivity index (χ1v) is 7.17. The van der Waals surface area contributed by atoms with Crippen LogP contribution < -0.4 is 11.3 Å². The van der Waals surface area contributed by atoms with Gasteiger partial charge in [0, 0.05) is 5.39 Å². The molecular formula is C13H12N6OS. The number of aromatic nitrogens is 4. The molecule has 7 nitrogen and oxygen atoms in total. The van der Waals surface area contributed by atoms with Crippen molar-refractivity contribution in [2.24, 2.45) is 5.84 Å². The second-order valence-electron chi connectivity index (χ2n) is 4.23. The smallest absolute Gasteiger partial charge is 0.244 e. The molecule has 0 unspecified atom stereocenters. The van der Waals surface area contributed by atoms with E-state index in [-0.39, 0.29) is 11.7 Å². The molecule has 3 N–H and O–H groups in total. The molecule has 1 amide bonds. The van der Waals surface area contributed by atoms with Gasteiger partial charge in [-0.1, -0.05) is 48.2 Å². The van der Waals surface area contributed by atoms with Crippen molar-refractivity contribution in [1.29, 1.82) is 0 Å². The molecule has 0 saturated carbocycles. The van der Waals surface area contributed by atoms with E-state index in [2.05, 4.69) is 21.0 Å². The predicted octanol–water partition coefficient (Wildman–Crippen LogP) is 0.898. The maximum Gasteiger partial charge on any atom is 0.244 e. The molecule has 0 aliphatic carbocycles. The zero-order valence-electron chi connectivity index (χ0n) is 10.9. The number of fused-ring (bicyclic) bond motifs is 1. The van der Waals surface area contributed by atoms with Crippen molar-refractivity contribution >= 4 is 28.4 Å². The Morgan fingerprint density at radius 2 is 2.05 bits per heavy atom. The van der Waals surface area contributed by atoms with Crippen LogP contribution in [0.25, 0.3) is 16.5 Å². The van der Waals surface area contributed by atoms with Crippen molar-refractivity contribution in [3.05, 3.63) is 42.5 Å². The average Bonchev–Trinajstić information content (AvgIpc) is 3.00. The van der Waals surface area contributed by atoms with E-state index >= 15 is 0 Å². The van der Waals surface area contributed by atoms with E-state index in [1.807, 2.05) is 42.5 Å². The Bertz CT molecular complexity index is 782. The van der Waals surface area contributed by atoms with E-state index < -0.39 is 0 Å². The van der Waals surface area contributed by atoms with Crippen LogP contribution in [-0.2, 0) is 4.79 Å². The topological polar surface area (TPSA) is 98.7 Å². The van der Waals surface area contributed by atoms with Gasteiger partial charge < -0.3 is 0 Å². The van der Waals surface area contributed by atoms with Crippen LogP contribution in [-0.4, -0.2) is 31.9 Å². The normalized spacial score (nSPS) is 10.7. The molecule has 0 atom stereocenters. The highest BCUT2D eigenvalue weighted by molar-refractivity contribution is 7.99. The predicted molar refractivity (Wildman–Crippen MR) is 79.7 cm³/mol. The Hall–Kier alpha value is -2.45. The highest BCUT2D eigenvalue weighted by atomic mass is 32.2. The quantitative estimate of drug-likeness (QED) is 0.321. The number of nitrogens with zero attached hydrogens (tertiary/aromatic N) is 4. The lowest BCUT2D eigenvalue weighted by atomic mass is 10.1. The SMILES string of the molecule is NNC(=O)CSc1nnnn1-c1cccc2ccccc12. The minimum absolute atomic E-state index is 0.154. The standard InChI is InChI=1S/C13H12N6OS/c14-15-12(20)8-21-13-16-17-18-19(13)11-7-3-5-9-4-1-2-6-10(9)11/h1-7H,8,14H2,(H,15,20). The van der Waals surface area contributed by atoms with Gasteiger partial charge in [-0.3, -0.25) is 10.2 Å². The second-order valence-corrected chi connectivity index (χ2v) is 5.17. The van der Waals surface area contributed by atoms with Crippen molar-refractivity contribution in [3.8, 4) is 5.69 Å². The van der Waals surface area contributed by atoms with Gasteiger partial charge in [0.25, 0.3) is 0 Å². The number of hydrazine groups is 1. The van der Waals surface area contributed by atoms with E-state index in [9.17, 15) is 4.79 Å². The number of benzene rings is 2. The zero-order chi connectivity index (χ0) is 14.7. The van der Waals surface area contributed by atoms with Gasteiger partial charge >= 0.3 is 0 Å². The van der Waals surface area contributed by atoms with Gasteiger partial charge in [-0.15, -0.1) is 5.10 Å². The van der Waals surface area contributed by atoms with Crippen LogP contribution >= 0.6 is 11.8 Å². The second kappa shape index (κ2) is 5.90. The highest BCUT2D eigenvalue weighted by Crippen LogP contribution is 2.24. The monoisotopic (exact) mass is 300 g/mol. The Labute approximate surface area is 124 Å². The summed E-state index contributed by atoms with van der Waals surface area (Å²) in [5.41, 5.74) is 2.95. The van der Waals surface area contributed by atoms with Crippen molar-refractivity contribution < 1.29 is 4.79 Å². The van der Waals surface area contributed by atoms with Crippen LogP contribution in [0.3, 0.4) is 0 Å². The first kappa shape index (κ1) is 13.5. The minimum Gasteiger partial charge on any atom is -0.294 e. The van der Waals surface area contributed by atoms with Crippen LogP contribution in [0.4, 0.5) is 0 Å². The summed E-state index contributed by atoms with van der Waals surface area (Å²) in [6.07, 6.45) is 0. The van der Waals surface area contributed by atoms with Gasteiger partial charge in [0.2, 0.25) is 11.1 Å². The van der Waals surface area contributed by atoms with E-state index in [1.165, 1.54) is 11.8 Å². The molecule has 0 bridgehead atoms. The average molecular weight is 300 g/mol. The van der Waals surface area contributed by atoms with Gasteiger partial charge in [0.1, 0.15) is 0 Å². The molecule has 0 aliphatic rings. The molecule has 21 heavy (non-hydrogen) atoms. The third kappa shape index (κ3) is 2.71. The Morgan fingerprint density at radius 1 is 1.24 bits per heavy atom. The Balaban J connectivity index is 2.00. The Morgan fingerprint density at radius 3 is 2.90 bits per heavy atom. The number of nitrogens with one attached hydrogen (secondary N) is 1. The van der Waals surface area contributed by atoms with E-state index in [0.717, 1.165) is 16.5 Å². The molecule has 0 radical (unpaired) electrons. The highest BCUT2D eigenvalue weighted by Gasteiger charge is 2.12. The fourth-order valence-corrected chi connectivity index (χ4v) is 2.68. The van der Waals surface area contributed by atoms with Crippen molar-refractivity contribution in [2.75, 3.05) is 5.75 Å². The molecule has 8 heteroatoms. The molecule has 106 valence electrons. The van der Waals surface area contributed by atoms with Crippen LogP contribution in [0.15, 0.2) is 47.6 Å². The lowest BCUT2D eigenvalue weighted by Gasteiger charge is -2.07. The van der Waals surface area contributed by atoms with Gasteiger partial charge in [-0.05, 0) is 21.9 Å². The first-order valence-electron chi connectivity index (χ1n) is 6.18. The lowest BCUT2D eigenvalue weighted by Crippen LogP contribution is -2.31. The molecule has 0 spiro atoms. The third-order valence-corrected chi connectivity index (χ3v) is 3.85. The number of tetrazole rings is 1. The van der Waals surface area contributed by atoms with Gasteiger partial charge in [-0.25, -0.2) is 5.84 Å². The molecule has 1 aromatic heterocycles. The van der Waals surface area contributed by atoms with Crippen LogP contribution in [0.5, 0.6) is 0 Å². The number of nitrogens with two attached hydrogens (primary N) is 1. The van der Waals surface area contributed by atoms with Crippen molar-refractivity contribution in [2.45, 2.75) is 5.16 Å². The molecule has 0 aliphatic heterocycles. The number of hydrogen-bond acceptors (Lipinski definition) is 6. The summed E-state index contributed by atoms with van der Waals surface area (Å²) >= 11 is 1.22. The first-order chi connectivity index (χ1) is 10.3. The number of rotatable bonds is 4. The summed E-state index contributed by atoms with van der Waals surface area (Å²) in [6.45, 7) is 0. The third-order valence-electron chi connectivity index (χ3n) is 2.93. The number of hydrogen-bond donors (Lipinski definition) is 2. The van der Waals surface area contributed by atoms with Crippen molar-refractivity contribution in [1.82, 2.24) is 25.6 Å². The molecule has 3 aromatic rings. The lowest BCUT2D eigenvalue weighted by molar-refractivity contribution is -0.118. The summed E-state index contributed by atoms with van der Waals surface area (Å²) in [6, 6.07) is 13.9. The Kier molecular flexibility index (Phi) is 3.80. The minimum atomic E-state index is -0.285. The maximum absolute atomic E-state index is 11.2. The van der Waals surface area contributed by atoms with E-state index in [4.69, 9.17) is 5.84 Å². The molecule has 0 saturated heterocycles. The summed E-state index contributed by atoms with van der Waals surface area (Å²) in [4.78, 5) is 11.2. The molecule has 2 aromatic carbocycles. The summed E-state index contributed by atoms with van der Waals surface area (Å²) in [7, 11) is 0. The number of amides is 1. The largest absolute Gasteiger partial charge is 0.294 e. The van der Waals surface area contributed by atoms with E-state index in [1.54, 1.807) is 4.68 Å². The zero-order valence-corrected chi connectivity index (χ0v) is 11.7. The molecule has 0 fully saturated rings. The molecular weight excluding hydrogens is 288 g/mol. The maximum atomic E-state index is 11.2. The summed E-state index contributed by atoms with van der Waals surface area (Å²) < 4.78 is 1.62. The van der Waals surface area contributed by atoms with Crippen LogP contribution in [0.1, 0.15) is 0 Å². The van der Waals surface area contributed by atoms with Gasteiger partial charge in [0.05, 0.1) is 11.4 Å². The van der Waals surface area contributed by atoms with E-state index in [0.29, 0.717) is 5.16 Å². The number of thioether (sulfide) groups is 1. The fourth-order valence-electron chi connectivity index (χ4n) is 1.98. The summed E-state index contributed by atoms with van der Waals surface area (Å²) in [5.74, 6) is 4.93. The summed E-state index contributed by atoms with van der Waals surface area (Å²) in [5, 5.41) is 14.3. The van der Waals surface area contributed by atoms with Crippen molar-refractivity contribution in [3.63, 3.8) is 0 Å². The number of carbonyl (C=O) groups is 1. The van der Waals surface area contributed by atoms with Crippen LogP contribution in [0, 0.1) is 0 Å². The van der Waals surface area contributed by atoms with Crippen LogP contribution in [0.2, 0.25) is 0 Å². The van der Waals surface area contributed by atoms with Gasteiger partial charge in [0.15, 0.2) is 0 Å². The molecule has 1 heterocycles.